The van der Waals surface area contributed by atoms with Crippen LogP contribution in [0.5, 0.6) is 0 Å². The molecular formula is C18H31N3O2. The number of urea groups is 1. The molecule has 1 heterocycles. The van der Waals surface area contributed by atoms with E-state index in [4.69, 9.17) is 5.73 Å². The van der Waals surface area contributed by atoms with Crippen LogP contribution < -0.4 is 5.73 Å². The maximum Gasteiger partial charge on any atom is 0.314 e. The molecule has 0 saturated carbocycles. The molecule has 1 fully saturated rings. The lowest BCUT2D eigenvalue weighted by molar-refractivity contribution is -0.127. The van der Waals surface area contributed by atoms with Gasteiger partial charge in [0.25, 0.3) is 0 Å². The van der Waals surface area contributed by atoms with Crippen LogP contribution in [0.4, 0.5) is 4.79 Å². The fraction of sp³-hybridized carbons (Fsp3) is 0.667. The SMILES string of the molecule is CC(C)=CCCC(C)(C)C/C=C/C(=O)N1CCN(C(N)=O)CC1. The Morgan fingerprint density at radius 3 is 2.17 bits per heavy atom. The molecule has 2 N–H and O–H groups in total. The van der Waals surface area contributed by atoms with Crippen LogP contribution in [0.15, 0.2) is 23.8 Å². The zero-order valence-corrected chi connectivity index (χ0v) is 15.0. The van der Waals surface area contributed by atoms with Gasteiger partial charge in [0.2, 0.25) is 5.91 Å². The molecule has 1 aliphatic rings. The van der Waals surface area contributed by atoms with Gasteiger partial charge in [-0.3, -0.25) is 4.79 Å². The Morgan fingerprint density at radius 1 is 1.09 bits per heavy atom. The van der Waals surface area contributed by atoms with Crippen LogP contribution in [0, 0.1) is 5.41 Å². The molecule has 0 spiro atoms. The van der Waals surface area contributed by atoms with Crippen molar-refractivity contribution in [3.8, 4) is 0 Å². The highest BCUT2D eigenvalue weighted by atomic mass is 16.2. The minimum atomic E-state index is -0.411. The summed E-state index contributed by atoms with van der Waals surface area (Å²) in [5.74, 6) is 0.0224. The van der Waals surface area contributed by atoms with E-state index in [0.29, 0.717) is 26.2 Å². The molecule has 3 amide bonds. The molecule has 0 atom stereocenters. The van der Waals surface area contributed by atoms with Crippen molar-refractivity contribution in [3.63, 3.8) is 0 Å². The average molecular weight is 321 g/mol. The Balaban J connectivity index is 2.38. The summed E-state index contributed by atoms with van der Waals surface area (Å²) in [5, 5.41) is 0. The number of hydrogen-bond acceptors (Lipinski definition) is 2. The maximum atomic E-state index is 12.2. The summed E-state index contributed by atoms with van der Waals surface area (Å²) >= 11 is 0. The Kier molecular flexibility index (Phi) is 7.33. The van der Waals surface area contributed by atoms with Crippen molar-refractivity contribution in [2.75, 3.05) is 26.2 Å². The second-order valence-electron chi connectivity index (χ2n) is 7.24. The number of primary amides is 1. The molecule has 0 radical (unpaired) electrons. The molecule has 23 heavy (non-hydrogen) atoms. The molecule has 0 aromatic rings. The number of amides is 3. The topological polar surface area (TPSA) is 66.6 Å². The third-order valence-electron chi connectivity index (χ3n) is 4.21. The molecule has 1 aliphatic heterocycles. The number of nitrogens with two attached hydrogens (primary N) is 1. The van der Waals surface area contributed by atoms with E-state index in [1.165, 1.54) is 5.57 Å². The predicted octanol–water partition coefficient (Wildman–Crippen LogP) is 2.93. The van der Waals surface area contributed by atoms with Crippen LogP contribution in [0.2, 0.25) is 0 Å². The van der Waals surface area contributed by atoms with Crippen molar-refractivity contribution in [2.24, 2.45) is 11.1 Å². The number of allylic oxidation sites excluding steroid dienone is 3. The fourth-order valence-electron chi connectivity index (χ4n) is 2.59. The zero-order valence-electron chi connectivity index (χ0n) is 15.0. The lowest BCUT2D eigenvalue weighted by Crippen LogP contribution is -2.51. The fourth-order valence-corrected chi connectivity index (χ4v) is 2.59. The van der Waals surface area contributed by atoms with E-state index < -0.39 is 6.03 Å². The van der Waals surface area contributed by atoms with Crippen molar-refractivity contribution in [1.82, 2.24) is 9.80 Å². The standard InChI is InChI=1S/C18H31N3O2/c1-15(2)7-5-9-18(3,4)10-6-8-16(22)20-11-13-21(14-12-20)17(19)23/h6-8H,5,9-14H2,1-4H3,(H2,19,23)/b8-6+. The molecule has 0 bridgehead atoms. The molecule has 5 nitrogen and oxygen atoms in total. The first-order valence-electron chi connectivity index (χ1n) is 8.34. The van der Waals surface area contributed by atoms with Crippen molar-refractivity contribution < 1.29 is 9.59 Å². The van der Waals surface area contributed by atoms with E-state index in [-0.39, 0.29) is 11.3 Å². The lowest BCUT2D eigenvalue weighted by Gasteiger charge is -2.33. The Morgan fingerprint density at radius 2 is 1.65 bits per heavy atom. The maximum absolute atomic E-state index is 12.2. The molecular weight excluding hydrogens is 290 g/mol. The summed E-state index contributed by atoms with van der Waals surface area (Å²) in [7, 11) is 0. The summed E-state index contributed by atoms with van der Waals surface area (Å²) in [5.41, 5.74) is 6.78. The van der Waals surface area contributed by atoms with Crippen molar-refractivity contribution in [3.05, 3.63) is 23.8 Å². The number of carbonyl (C=O) groups excluding carboxylic acids is 2. The van der Waals surface area contributed by atoms with E-state index >= 15 is 0 Å². The van der Waals surface area contributed by atoms with Crippen LogP contribution in [-0.4, -0.2) is 47.9 Å². The van der Waals surface area contributed by atoms with Crippen molar-refractivity contribution in [1.29, 1.82) is 0 Å². The van der Waals surface area contributed by atoms with Gasteiger partial charge in [0.15, 0.2) is 0 Å². The van der Waals surface area contributed by atoms with Gasteiger partial charge >= 0.3 is 6.03 Å². The molecule has 1 saturated heterocycles. The number of carbonyl (C=O) groups is 2. The van der Waals surface area contributed by atoms with Gasteiger partial charge < -0.3 is 15.5 Å². The van der Waals surface area contributed by atoms with E-state index in [2.05, 4.69) is 33.8 Å². The first-order chi connectivity index (χ1) is 10.7. The highest BCUT2D eigenvalue weighted by Gasteiger charge is 2.21. The summed E-state index contributed by atoms with van der Waals surface area (Å²) < 4.78 is 0. The molecule has 0 aromatic carbocycles. The number of rotatable bonds is 6. The quantitative estimate of drug-likeness (QED) is 0.604. The van der Waals surface area contributed by atoms with Gasteiger partial charge in [-0.15, -0.1) is 0 Å². The van der Waals surface area contributed by atoms with Crippen LogP contribution >= 0.6 is 0 Å². The second kappa shape index (κ2) is 8.75. The minimum Gasteiger partial charge on any atom is -0.351 e. The number of nitrogens with zero attached hydrogens (tertiary/aromatic N) is 2. The number of piperazine rings is 1. The Bertz CT molecular complexity index is 469. The summed E-state index contributed by atoms with van der Waals surface area (Å²) in [6, 6.07) is -0.411. The predicted molar refractivity (Wildman–Crippen MR) is 93.9 cm³/mol. The average Bonchev–Trinajstić information content (AvgIpc) is 2.46. The first kappa shape index (κ1) is 19.3. The molecule has 0 aromatic heterocycles. The van der Waals surface area contributed by atoms with Crippen LogP contribution in [0.3, 0.4) is 0 Å². The second-order valence-corrected chi connectivity index (χ2v) is 7.24. The Hall–Kier alpha value is -1.78. The monoisotopic (exact) mass is 321 g/mol. The van der Waals surface area contributed by atoms with Gasteiger partial charge in [0.05, 0.1) is 0 Å². The molecule has 0 aliphatic carbocycles. The van der Waals surface area contributed by atoms with Crippen LogP contribution in [-0.2, 0) is 4.79 Å². The Labute approximate surface area is 140 Å². The number of hydrogen-bond donors (Lipinski definition) is 1. The van der Waals surface area contributed by atoms with Crippen LogP contribution in [0.25, 0.3) is 0 Å². The van der Waals surface area contributed by atoms with E-state index in [1.807, 2.05) is 6.08 Å². The highest BCUT2D eigenvalue weighted by Crippen LogP contribution is 2.27. The van der Waals surface area contributed by atoms with Crippen molar-refractivity contribution >= 4 is 11.9 Å². The highest BCUT2D eigenvalue weighted by molar-refractivity contribution is 5.87. The van der Waals surface area contributed by atoms with Crippen molar-refractivity contribution in [2.45, 2.75) is 47.0 Å². The lowest BCUT2D eigenvalue weighted by atomic mass is 9.84. The third kappa shape index (κ3) is 7.35. The van der Waals surface area contributed by atoms with Crippen LogP contribution in [0.1, 0.15) is 47.0 Å². The van der Waals surface area contributed by atoms with E-state index in [9.17, 15) is 9.59 Å². The van der Waals surface area contributed by atoms with E-state index in [1.54, 1.807) is 15.9 Å². The normalized spacial score (nSPS) is 15.8. The zero-order chi connectivity index (χ0) is 17.5. The third-order valence-corrected chi connectivity index (χ3v) is 4.21. The molecule has 1 rings (SSSR count). The van der Waals surface area contributed by atoms with Gasteiger partial charge in [-0.1, -0.05) is 31.6 Å². The minimum absolute atomic E-state index is 0.0224. The summed E-state index contributed by atoms with van der Waals surface area (Å²) in [6.45, 7) is 10.8. The van der Waals surface area contributed by atoms with E-state index in [0.717, 1.165) is 19.3 Å². The van der Waals surface area contributed by atoms with Gasteiger partial charge in [-0.05, 0) is 44.6 Å². The summed E-state index contributed by atoms with van der Waals surface area (Å²) in [4.78, 5) is 26.6. The molecule has 130 valence electrons. The molecule has 5 heteroatoms. The van der Waals surface area contributed by atoms with Gasteiger partial charge in [-0.25, -0.2) is 4.79 Å². The van der Waals surface area contributed by atoms with Gasteiger partial charge in [-0.2, -0.15) is 0 Å². The summed E-state index contributed by atoms with van der Waals surface area (Å²) in [6.07, 6.45) is 8.97. The van der Waals surface area contributed by atoms with Gasteiger partial charge in [0, 0.05) is 26.2 Å². The largest absolute Gasteiger partial charge is 0.351 e. The molecule has 0 unspecified atom stereocenters. The van der Waals surface area contributed by atoms with Gasteiger partial charge in [0.1, 0.15) is 0 Å². The smallest absolute Gasteiger partial charge is 0.314 e. The first-order valence-corrected chi connectivity index (χ1v) is 8.34.